The van der Waals surface area contributed by atoms with Gasteiger partial charge in [0.2, 0.25) is 10.0 Å². The number of hydrogen-bond donors (Lipinski definition) is 3. The third-order valence-electron chi connectivity index (χ3n) is 2.49. The number of nitrogens with one attached hydrogen (secondary N) is 2. The molecule has 0 bridgehead atoms. The third-order valence-corrected chi connectivity index (χ3v) is 3.92. The Labute approximate surface area is 102 Å². The van der Waals surface area contributed by atoms with Gasteiger partial charge in [0.25, 0.3) is 0 Å². The molecule has 4 N–H and O–H groups in total. The van der Waals surface area contributed by atoms with Crippen LogP contribution in [0, 0.1) is 5.92 Å². The molecule has 1 aromatic rings. The van der Waals surface area contributed by atoms with E-state index in [1.807, 2.05) is 6.92 Å². The lowest BCUT2D eigenvalue weighted by atomic mass is 10.2. The summed E-state index contributed by atoms with van der Waals surface area (Å²) in [6.45, 7) is 3.45. The van der Waals surface area contributed by atoms with Gasteiger partial charge in [-0.05, 0) is 43.8 Å². The van der Waals surface area contributed by atoms with Crippen LogP contribution in [-0.2, 0) is 10.0 Å². The summed E-state index contributed by atoms with van der Waals surface area (Å²) in [7, 11) is -1.96. The summed E-state index contributed by atoms with van der Waals surface area (Å²) >= 11 is 0. The Bertz CT molecular complexity index is 442. The maximum Gasteiger partial charge on any atom is 0.240 e. The van der Waals surface area contributed by atoms with Gasteiger partial charge in [0.1, 0.15) is 0 Å². The zero-order valence-electron chi connectivity index (χ0n) is 10.1. The highest BCUT2D eigenvalue weighted by Crippen LogP contribution is 2.13. The molecule has 96 valence electrons. The third kappa shape index (κ3) is 3.99. The summed E-state index contributed by atoms with van der Waals surface area (Å²) in [5.41, 5.74) is 6.40. The van der Waals surface area contributed by atoms with Gasteiger partial charge in [-0.3, -0.25) is 0 Å². The predicted octanol–water partition coefficient (Wildman–Crippen LogP) is 0.601. The first-order valence-corrected chi connectivity index (χ1v) is 6.95. The number of sulfonamides is 1. The Morgan fingerprint density at radius 2 is 1.88 bits per heavy atom. The van der Waals surface area contributed by atoms with Crippen molar-refractivity contribution in [3.8, 4) is 0 Å². The molecule has 0 radical (unpaired) electrons. The van der Waals surface area contributed by atoms with Crippen molar-refractivity contribution in [1.82, 2.24) is 4.72 Å². The van der Waals surface area contributed by atoms with Crippen molar-refractivity contribution >= 4 is 15.7 Å². The molecule has 0 aliphatic heterocycles. The lowest BCUT2D eigenvalue weighted by molar-refractivity contribution is 0.588. The predicted molar refractivity (Wildman–Crippen MR) is 69.4 cm³/mol. The molecule has 1 atom stereocenters. The minimum absolute atomic E-state index is 0.262. The monoisotopic (exact) mass is 257 g/mol. The van der Waals surface area contributed by atoms with Crippen LogP contribution in [0.1, 0.15) is 6.92 Å². The molecule has 17 heavy (non-hydrogen) atoms. The smallest absolute Gasteiger partial charge is 0.240 e. The topological polar surface area (TPSA) is 84.2 Å². The first-order valence-electron chi connectivity index (χ1n) is 5.47. The maximum atomic E-state index is 11.5. The number of rotatable bonds is 6. The summed E-state index contributed by atoms with van der Waals surface area (Å²) in [6, 6.07) is 6.63. The van der Waals surface area contributed by atoms with Crippen LogP contribution in [0.15, 0.2) is 29.2 Å². The van der Waals surface area contributed by atoms with Crippen molar-refractivity contribution in [2.24, 2.45) is 11.7 Å². The lowest BCUT2D eigenvalue weighted by Crippen LogP contribution is -2.20. The van der Waals surface area contributed by atoms with Crippen LogP contribution in [-0.4, -0.2) is 28.6 Å². The Hall–Kier alpha value is -1.11. The van der Waals surface area contributed by atoms with Gasteiger partial charge in [0.05, 0.1) is 4.90 Å². The van der Waals surface area contributed by atoms with E-state index in [-0.39, 0.29) is 4.90 Å². The van der Waals surface area contributed by atoms with Gasteiger partial charge in [0.15, 0.2) is 0 Å². The molecule has 0 fully saturated rings. The van der Waals surface area contributed by atoms with E-state index in [1.54, 1.807) is 24.3 Å². The van der Waals surface area contributed by atoms with Crippen LogP contribution >= 0.6 is 0 Å². The molecule has 0 aliphatic rings. The highest BCUT2D eigenvalue weighted by atomic mass is 32.2. The largest absolute Gasteiger partial charge is 0.385 e. The van der Waals surface area contributed by atoms with Crippen LogP contribution < -0.4 is 15.8 Å². The normalized spacial score (nSPS) is 13.4. The van der Waals surface area contributed by atoms with Crippen LogP contribution in [0.5, 0.6) is 0 Å². The average molecular weight is 257 g/mol. The summed E-state index contributed by atoms with van der Waals surface area (Å²) in [5.74, 6) is 0.385. The highest BCUT2D eigenvalue weighted by Gasteiger charge is 2.10. The molecule has 0 spiro atoms. The van der Waals surface area contributed by atoms with Crippen LogP contribution in [0.4, 0.5) is 5.69 Å². The van der Waals surface area contributed by atoms with Crippen molar-refractivity contribution in [3.63, 3.8) is 0 Å². The van der Waals surface area contributed by atoms with E-state index < -0.39 is 10.0 Å². The number of anilines is 1. The minimum atomic E-state index is -3.35. The minimum Gasteiger partial charge on any atom is -0.385 e. The fourth-order valence-corrected chi connectivity index (χ4v) is 1.98. The SMILES string of the molecule is CNS(=O)(=O)c1ccc(NCC(C)CN)cc1. The van der Waals surface area contributed by atoms with Gasteiger partial charge >= 0.3 is 0 Å². The second kappa shape index (κ2) is 6.00. The second-order valence-electron chi connectivity index (χ2n) is 3.95. The van der Waals surface area contributed by atoms with Gasteiger partial charge < -0.3 is 11.1 Å². The lowest BCUT2D eigenvalue weighted by Gasteiger charge is -2.11. The number of nitrogens with two attached hydrogens (primary N) is 1. The molecule has 0 amide bonds. The molecular weight excluding hydrogens is 238 g/mol. The van der Waals surface area contributed by atoms with Crippen molar-refractivity contribution in [2.75, 3.05) is 25.5 Å². The molecule has 1 rings (SSSR count). The molecule has 0 aromatic heterocycles. The zero-order valence-corrected chi connectivity index (χ0v) is 10.9. The van der Waals surface area contributed by atoms with Crippen LogP contribution in [0.25, 0.3) is 0 Å². The fourth-order valence-electron chi connectivity index (χ4n) is 1.25. The first kappa shape index (κ1) is 14.0. The van der Waals surface area contributed by atoms with Crippen LogP contribution in [0.2, 0.25) is 0 Å². The van der Waals surface area contributed by atoms with Crippen molar-refractivity contribution < 1.29 is 8.42 Å². The molecule has 1 unspecified atom stereocenters. The van der Waals surface area contributed by atoms with Gasteiger partial charge in [-0.2, -0.15) is 0 Å². The molecule has 0 aliphatic carbocycles. The summed E-state index contributed by atoms with van der Waals surface area (Å²) < 4.78 is 25.2. The Morgan fingerprint density at radius 3 is 2.35 bits per heavy atom. The molecular formula is C11H19N3O2S. The molecule has 0 heterocycles. The van der Waals surface area contributed by atoms with Crippen molar-refractivity contribution in [2.45, 2.75) is 11.8 Å². The summed E-state index contributed by atoms with van der Waals surface area (Å²) in [4.78, 5) is 0.262. The van der Waals surface area contributed by atoms with E-state index in [0.717, 1.165) is 12.2 Å². The Kier molecular flexibility index (Phi) is 4.92. The highest BCUT2D eigenvalue weighted by molar-refractivity contribution is 7.89. The van der Waals surface area contributed by atoms with E-state index in [0.29, 0.717) is 12.5 Å². The van der Waals surface area contributed by atoms with E-state index in [2.05, 4.69) is 10.0 Å². The molecule has 0 saturated heterocycles. The zero-order chi connectivity index (χ0) is 12.9. The van der Waals surface area contributed by atoms with E-state index in [1.165, 1.54) is 7.05 Å². The molecule has 5 nitrogen and oxygen atoms in total. The Balaban J connectivity index is 2.69. The second-order valence-corrected chi connectivity index (χ2v) is 5.84. The van der Waals surface area contributed by atoms with Gasteiger partial charge in [-0.25, -0.2) is 13.1 Å². The molecule has 0 saturated carbocycles. The molecule has 6 heteroatoms. The van der Waals surface area contributed by atoms with Gasteiger partial charge in [-0.1, -0.05) is 6.92 Å². The van der Waals surface area contributed by atoms with Gasteiger partial charge in [-0.15, -0.1) is 0 Å². The summed E-state index contributed by atoms with van der Waals surface area (Å²) in [5, 5.41) is 3.20. The molecule has 1 aromatic carbocycles. The Morgan fingerprint density at radius 1 is 1.29 bits per heavy atom. The van der Waals surface area contributed by atoms with Crippen LogP contribution in [0.3, 0.4) is 0 Å². The number of hydrogen-bond acceptors (Lipinski definition) is 4. The fraction of sp³-hybridized carbons (Fsp3) is 0.455. The first-order chi connectivity index (χ1) is 7.99. The quantitative estimate of drug-likeness (QED) is 0.697. The maximum absolute atomic E-state index is 11.5. The standard InChI is InChI=1S/C11H19N3O2S/c1-9(7-12)8-14-10-3-5-11(6-4-10)17(15,16)13-2/h3-6,9,13-14H,7-8,12H2,1-2H3. The number of benzene rings is 1. The van der Waals surface area contributed by atoms with Gasteiger partial charge in [0, 0.05) is 12.2 Å². The van der Waals surface area contributed by atoms with Crippen molar-refractivity contribution in [1.29, 1.82) is 0 Å². The van der Waals surface area contributed by atoms with E-state index in [9.17, 15) is 8.42 Å². The van der Waals surface area contributed by atoms with E-state index in [4.69, 9.17) is 5.73 Å². The summed E-state index contributed by atoms with van der Waals surface area (Å²) in [6.07, 6.45) is 0. The van der Waals surface area contributed by atoms with Crippen molar-refractivity contribution in [3.05, 3.63) is 24.3 Å². The van der Waals surface area contributed by atoms with E-state index >= 15 is 0 Å². The average Bonchev–Trinajstić information content (AvgIpc) is 2.36.